The number of hydrogen-bond acceptors (Lipinski definition) is 0. The SMILES string of the molecule is CCC1=CC[C]([Ti]([CH3])([CH3])(=[SiH2])[CH]2c3ccccc3-c3ccccc32)=C1.Cl.Cl. The number of halogens is 2. The quantitative estimate of drug-likeness (QED) is 0.476. The molecule has 0 bridgehead atoms. The van der Waals surface area contributed by atoms with E-state index in [9.17, 15) is 0 Å². The molecule has 0 radical (unpaired) electrons. The molecule has 0 nitrogen and oxygen atoms in total. The first-order chi connectivity index (χ1) is 11.4. The number of benzene rings is 2. The van der Waals surface area contributed by atoms with Gasteiger partial charge < -0.3 is 0 Å². The van der Waals surface area contributed by atoms with E-state index >= 15 is 0 Å². The molecular formula is C22H28Cl2SiTi. The molecule has 2 aliphatic carbocycles. The van der Waals surface area contributed by atoms with Crippen LogP contribution >= 0.6 is 24.8 Å². The monoisotopic (exact) mass is 438 g/mol. The van der Waals surface area contributed by atoms with E-state index in [1.54, 1.807) is 15.0 Å². The molecule has 0 amide bonds. The van der Waals surface area contributed by atoms with E-state index in [1.807, 2.05) is 0 Å². The van der Waals surface area contributed by atoms with Crippen LogP contribution < -0.4 is 0 Å². The zero-order valence-corrected chi connectivity index (χ0v) is 20.4. The van der Waals surface area contributed by atoms with Crippen LogP contribution in [0.15, 0.2) is 70.1 Å². The molecule has 26 heavy (non-hydrogen) atoms. The van der Waals surface area contributed by atoms with E-state index in [0.717, 1.165) is 6.42 Å². The Morgan fingerprint density at radius 1 is 0.923 bits per heavy atom. The summed E-state index contributed by atoms with van der Waals surface area (Å²) in [6.07, 6.45) is 7.35. The van der Waals surface area contributed by atoms with E-state index in [1.165, 1.54) is 23.1 Å². The molecule has 2 aromatic rings. The van der Waals surface area contributed by atoms with Crippen molar-refractivity contribution in [3.8, 4) is 11.1 Å². The predicted octanol–water partition coefficient (Wildman–Crippen LogP) is 6.56. The Labute approximate surface area is 172 Å². The third-order valence-corrected chi connectivity index (χ3v) is 17.4. The minimum atomic E-state index is -2.87. The van der Waals surface area contributed by atoms with E-state index in [-0.39, 0.29) is 24.8 Å². The molecule has 0 aliphatic heterocycles. The maximum atomic E-state index is 2.65. The first kappa shape index (κ1) is 21.7. The van der Waals surface area contributed by atoms with Gasteiger partial charge in [-0.2, -0.15) is 0 Å². The van der Waals surface area contributed by atoms with Crippen molar-refractivity contribution in [1.82, 2.24) is 0 Å². The van der Waals surface area contributed by atoms with Gasteiger partial charge in [0.15, 0.2) is 0 Å². The van der Waals surface area contributed by atoms with Gasteiger partial charge in [0.05, 0.1) is 0 Å². The topological polar surface area (TPSA) is 0 Å². The Balaban J connectivity index is 0.00000121. The van der Waals surface area contributed by atoms with Crippen molar-refractivity contribution in [2.75, 3.05) is 0 Å². The van der Waals surface area contributed by atoms with Crippen LogP contribution in [0.25, 0.3) is 11.1 Å². The summed E-state index contributed by atoms with van der Waals surface area (Å²) in [6.45, 7) is 2.27. The molecule has 2 aromatic carbocycles. The second-order valence-electron chi connectivity index (χ2n) is 8.42. The fraction of sp³-hybridized carbons (Fsp3) is 0.273. The van der Waals surface area contributed by atoms with Gasteiger partial charge in [-0.05, 0) is 0 Å². The van der Waals surface area contributed by atoms with Crippen LogP contribution in [-0.4, -0.2) is 7.63 Å². The van der Waals surface area contributed by atoms with Crippen molar-refractivity contribution in [3.05, 3.63) is 81.3 Å². The van der Waals surface area contributed by atoms with Crippen molar-refractivity contribution < 1.29 is 14.0 Å². The molecule has 0 atom stereocenters. The van der Waals surface area contributed by atoms with Crippen LogP contribution in [0.5, 0.6) is 0 Å². The predicted molar refractivity (Wildman–Crippen MR) is 120 cm³/mol. The summed E-state index contributed by atoms with van der Waals surface area (Å²) >= 11 is -2.87. The molecule has 2 aliphatic rings. The first-order valence-corrected chi connectivity index (χ1v) is 17.9. The van der Waals surface area contributed by atoms with Gasteiger partial charge in [-0.25, -0.2) is 0 Å². The van der Waals surface area contributed by atoms with Gasteiger partial charge in [0.2, 0.25) is 0 Å². The number of hydrogen-bond donors (Lipinski definition) is 0. The summed E-state index contributed by atoms with van der Waals surface area (Å²) in [5.41, 5.74) is 7.61. The van der Waals surface area contributed by atoms with Gasteiger partial charge in [-0.15, -0.1) is 24.8 Å². The van der Waals surface area contributed by atoms with Crippen LogP contribution in [0.1, 0.15) is 35.1 Å². The Kier molecular flexibility index (Phi) is 6.23. The first-order valence-electron chi connectivity index (χ1n) is 9.06. The molecule has 0 unspecified atom stereocenters. The van der Waals surface area contributed by atoms with E-state index < -0.39 is 14.0 Å². The number of rotatable bonds is 3. The van der Waals surface area contributed by atoms with Gasteiger partial charge in [0.1, 0.15) is 0 Å². The van der Waals surface area contributed by atoms with Gasteiger partial charge in [0.25, 0.3) is 0 Å². The molecule has 0 heterocycles. The maximum Gasteiger partial charge on any atom is -0.147 e. The van der Waals surface area contributed by atoms with E-state index in [2.05, 4.69) is 85.7 Å². The average Bonchev–Trinajstić information content (AvgIpc) is 3.18. The molecule has 0 spiro atoms. The number of allylic oxidation sites excluding steroid dienone is 4. The van der Waals surface area contributed by atoms with Crippen molar-refractivity contribution in [2.45, 2.75) is 34.4 Å². The van der Waals surface area contributed by atoms with E-state index in [0.29, 0.717) is 4.22 Å². The summed E-state index contributed by atoms with van der Waals surface area (Å²) in [7, 11) is 2.37. The Morgan fingerprint density at radius 2 is 1.42 bits per heavy atom. The molecule has 138 valence electrons. The standard InChI is InChI=1S/C13H9.C7H9.2CH3.2ClH.H2Si.Ti/c1-3-7-12-10(5-1)9-11-6-2-4-8-13(11)12;1-2-7-5-3-4-6-7;;;;;;/h1-9H;5-6H,2-3H2,1H3;2*1H3;2*1H;1H2;. The number of fused-ring (bicyclic) bond motifs is 3. The van der Waals surface area contributed by atoms with Crippen LogP contribution in [0.4, 0.5) is 0 Å². The Morgan fingerprint density at radius 3 is 1.88 bits per heavy atom. The fourth-order valence-corrected chi connectivity index (χ4v) is 14.3. The molecule has 0 N–H and O–H groups in total. The zero-order chi connectivity index (χ0) is 17.0. The molecule has 0 saturated carbocycles. The van der Waals surface area contributed by atoms with Crippen LogP contribution in [0.2, 0.25) is 10.5 Å². The molecule has 4 rings (SSSR count). The molecule has 0 fully saturated rings. The van der Waals surface area contributed by atoms with Crippen molar-refractivity contribution in [1.29, 1.82) is 0 Å². The third-order valence-electron chi connectivity index (χ3n) is 6.17. The maximum absolute atomic E-state index is 2.87. The van der Waals surface area contributed by atoms with Gasteiger partial charge in [0, 0.05) is 0 Å². The summed E-state index contributed by atoms with van der Waals surface area (Å²) in [5.74, 6) is 0. The minimum absolute atomic E-state index is 0. The summed E-state index contributed by atoms with van der Waals surface area (Å²) in [4.78, 5) is 0. The Hall–Kier alpha value is -0.569. The fourth-order valence-electron chi connectivity index (χ4n) is 4.74. The van der Waals surface area contributed by atoms with Crippen LogP contribution in [0, 0.1) is 0 Å². The molecule has 0 aromatic heterocycles. The largest absolute Gasteiger partial charge is 0.147 e. The van der Waals surface area contributed by atoms with Crippen LogP contribution in [0.3, 0.4) is 0 Å². The molecular weight excluding hydrogens is 411 g/mol. The zero-order valence-electron chi connectivity index (χ0n) is 15.8. The van der Waals surface area contributed by atoms with Crippen molar-refractivity contribution in [3.63, 3.8) is 0 Å². The van der Waals surface area contributed by atoms with Crippen molar-refractivity contribution in [2.24, 2.45) is 0 Å². The Bertz CT molecular complexity index is 920. The van der Waals surface area contributed by atoms with Crippen molar-refractivity contribution >= 4 is 32.4 Å². The minimum Gasteiger partial charge on any atom is -0.147 e. The second-order valence-corrected chi connectivity index (χ2v) is 28.1. The van der Waals surface area contributed by atoms with Gasteiger partial charge in [-0.3, -0.25) is 0 Å². The smallest absolute Gasteiger partial charge is 0.147 e. The van der Waals surface area contributed by atoms with Crippen LogP contribution in [-0.2, 0) is 14.0 Å². The van der Waals surface area contributed by atoms with Gasteiger partial charge in [-0.1, -0.05) is 0 Å². The average molecular weight is 439 g/mol. The molecule has 4 heteroatoms. The third kappa shape index (κ3) is 3.23. The summed E-state index contributed by atoms with van der Waals surface area (Å²) in [5, 5.41) is 5.30. The van der Waals surface area contributed by atoms with E-state index in [4.69, 9.17) is 0 Å². The summed E-state index contributed by atoms with van der Waals surface area (Å²) in [6, 6.07) is 18.2. The molecule has 0 saturated heterocycles. The summed E-state index contributed by atoms with van der Waals surface area (Å²) < 4.78 is 2.36. The van der Waals surface area contributed by atoms with Gasteiger partial charge >= 0.3 is 149 Å². The normalized spacial score (nSPS) is 16.0. The second kappa shape index (κ2) is 7.45.